The van der Waals surface area contributed by atoms with Gasteiger partial charge in [-0.05, 0) is 59.1 Å². The van der Waals surface area contributed by atoms with Crippen molar-refractivity contribution in [3.63, 3.8) is 0 Å². The average molecular weight is 487 g/mol. The molecule has 2 rings (SSSR count). The number of carbonyl (C=O) groups is 1. The molecule has 0 bridgehead atoms. The summed E-state index contributed by atoms with van der Waals surface area (Å²) in [4.78, 5) is 22.7. The Morgan fingerprint density at radius 2 is 1.81 bits per heavy atom. The Bertz CT molecular complexity index is 875. The molecule has 8 nitrogen and oxygen atoms in total. The van der Waals surface area contributed by atoms with Gasteiger partial charge < -0.3 is 14.8 Å². The smallest absolute Gasteiger partial charge is 0.271 e. The third-order valence-corrected chi connectivity index (χ3v) is 4.33. The van der Waals surface area contributed by atoms with Gasteiger partial charge in [0.05, 0.1) is 28.4 Å². The number of halogens is 1. The molecule has 0 atom stereocenters. The predicted molar refractivity (Wildman–Crippen MR) is 109 cm³/mol. The van der Waals surface area contributed by atoms with Crippen LogP contribution in [0.25, 0.3) is 0 Å². The number of benzene rings is 2. The van der Waals surface area contributed by atoms with Crippen LogP contribution in [0, 0.1) is 13.7 Å². The predicted octanol–water partition coefficient (Wildman–Crippen LogP) is 3.34. The molecule has 2 aromatic carbocycles. The van der Waals surface area contributed by atoms with Gasteiger partial charge >= 0.3 is 0 Å². The van der Waals surface area contributed by atoms with E-state index in [1.165, 1.54) is 25.3 Å². The number of nitrogens with zero attached hydrogens (tertiary/aromatic N) is 1. The van der Waals surface area contributed by atoms with Gasteiger partial charge in [-0.2, -0.15) is 0 Å². The maximum atomic E-state index is 12.3. The van der Waals surface area contributed by atoms with Crippen molar-refractivity contribution in [2.45, 2.75) is 0 Å². The molecule has 0 aliphatic carbocycles. The van der Waals surface area contributed by atoms with Crippen molar-refractivity contribution >= 4 is 57.2 Å². The highest BCUT2D eigenvalue weighted by Gasteiger charge is 2.15. The number of nitro benzene ring substituents is 1. The van der Waals surface area contributed by atoms with Gasteiger partial charge in [0.15, 0.2) is 5.11 Å². The first-order valence-corrected chi connectivity index (χ1v) is 8.62. The Hall–Kier alpha value is -2.47. The molecule has 0 fully saturated rings. The summed E-state index contributed by atoms with van der Waals surface area (Å²) in [7, 11) is 2.97. The van der Waals surface area contributed by atoms with E-state index in [4.69, 9.17) is 21.7 Å². The number of hydrogen-bond donors (Lipinski definition) is 2. The first-order chi connectivity index (χ1) is 12.3. The zero-order valence-corrected chi connectivity index (χ0v) is 16.7. The number of nitro groups is 1. The molecule has 2 aromatic rings. The molecule has 2 N–H and O–H groups in total. The van der Waals surface area contributed by atoms with E-state index in [0.29, 0.717) is 17.1 Å². The second-order valence-corrected chi connectivity index (χ2v) is 6.47. The number of ether oxygens (including phenoxy) is 2. The Kier molecular flexibility index (Phi) is 6.69. The standard InChI is InChI=1S/C16H14IN3O5S/c1-24-13-5-3-9(7-11(13)17)15(21)19-16(26)18-12-8-10(20(22)23)4-6-14(12)25-2/h3-8H,1-2H3,(H2,18,19,21,26). The van der Waals surface area contributed by atoms with Crippen LogP contribution in [0.2, 0.25) is 0 Å². The van der Waals surface area contributed by atoms with Gasteiger partial charge in [-0.15, -0.1) is 0 Å². The largest absolute Gasteiger partial charge is 0.496 e. The zero-order chi connectivity index (χ0) is 19.3. The topological polar surface area (TPSA) is 103 Å². The van der Waals surface area contributed by atoms with Crippen LogP contribution in [-0.4, -0.2) is 30.2 Å². The Morgan fingerprint density at radius 3 is 2.38 bits per heavy atom. The van der Waals surface area contributed by atoms with Crippen molar-refractivity contribution in [3.05, 3.63) is 55.6 Å². The molecule has 0 spiro atoms. The molecular weight excluding hydrogens is 473 g/mol. The molecular formula is C16H14IN3O5S. The normalized spacial score (nSPS) is 9.96. The van der Waals surface area contributed by atoms with Crippen LogP contribution in [0.1, 0.15) is 10.4 Å². The van der Waals surface area contributed by atoms with E-state index in [1.54, 1.807) is 25.3 Å². The van der Waals surface area contributed by atoms with Crippen LogP contribution < -0.4 is 20.1 Å². The van der Waals surface area contributed by atoms with E-state index in [0.717, 1.165) is 3.57 Å². The number of carbonyl (C=O) groups excluding carboxylic acids is 1. The van der Waals surface area contributed by atoms with E-state index in [2.05, 4.69) is 33.2 Å². The molecule has 0 aromatic heterocycles. The molecule has 0 saturated carbocycles. The summed E-state index contributed by atoms with van der Waals surface area (Å²) in [5, 5.41) is 16.2. The van der Waals surface area contributed by atoms with Gasteiger partial charge in [0, 0.05) is 17.7 Å². The number of non-ortho nitro benzene ring substituents is 1. The minimum absolute atomic E-state index is 0.0142. The Labute approximate surface area is 168 Å². The van der Waals surface area contributed by atoms with Crippen LogP contribution in [0.3, 0.4) is 0 Å². The number of amides is 1. The second-order valence-electron chi connectivity index (χ2n) is 4.90. The van der Waals surface area contributed by atoms with Crippen LogP contribution >= 0.6 is 34.8 Å². The highest BCUT2D eigenvalue weighted by Crippen LogP contribution is 2.28. The SMILES string of the molecule is COc1ccc(C(=O)NC(=S)Nc2cc([N+](=O)[O-])ccc2OC)cc1I. The monoisotopic (exact) mass is 487 g/mol. The van der Waals surface area contributed by atoms with Crippen molar-refractivity contribution in [2.75, 3.05) is 19.5 Å². The quantitative estimate of drug-likeness (QED) is 0.289. The van der Waals surface area contributed by atoms with Crippen molar-refractivity contribution in [1.82, 2.24) is 5.32 Å². The van der Waals surface area contributed by atoms with Crippen molar-refractivity contribution < 1.29 is 19.2 Å². The molecule has 1 amide bonds. The molecule has 0 heterocycles. The minimum atomic E-state index is -0.536. The molecule has 0 saturated heterocycles. The van der Waals surface area contributed by atoms with Crippen molar-refractivity contribution in [1.29, 1.82) is 0 Å². The molecule has 0 radical (unpaired) electrons. The first-order valence-electron chi connectivity index (χ1n) is 7.14. The number of nitrogens with one attached hydrogen (secondary N) is 2. The zero-order valence-electron chi connectivity index (χ0n) is 13.7. The van der Waals surface area contributed by atoms with Crippen molar-refractivity contribution in [3.8, 4) is 11.5 Å². The van der Waals surface area contributed by atoms with E-state index in [1.807, 2.05) is 0 Å². The highest BCUT2D eigenvalue weighted by atomic mass is 127. The summed E-state index contributed by atoms with van der Waals surface area (Å²) in [6.07, 6.45) is 0. The minimum Gasteiger partial charge on any atom is -0.496 e. The van der Waals surface area contributed by atoms with Gasteiger partial charge in [-0.1, -0.05) is 0 Å². The van der Waals surface area contributed by atoms with Crippen LogP contribution in [0.4, 0.5) is 11.4 Å². The number of rotatable bonds is 5. The number of hydrogen-bond acceptors (Lipinski definition) is 6. The number of methoxy groups -OCH3 is 2. The molecule has 26 heavy (non-hydrogen) atoms. The summed E-state index contributed by atoms with van der Waals surface area (Å²) in [6, 6.07) is 8.96. The van der Waals surface area contributed by atoms with E-state index >= 15 is 0 Å². The fraction of sp³-hybridized carbons (Fsp3) is 0.125. The third kappa shape index (κ3) is 4.79. The molecule has 0 aliphatic rings. The lowest BCUT2D eigenvalue weighted by molar-refractivity contribution is -0.384. The lowest BCUT2D eigenvalue weighted by atomic mass is 10.2. The molecule has 136 valence electrons. The van der Waals surface area contributed by atoms with Crippen LogP contribution in [0.5, 0.6) is 11.5 Å². The molecule has 0 aliphatic heterocycles. The molecule has 0 unspecified atom stereocenters. The van der Waals surface area contributed by atoms with Crippen LogP contribution in [-0.2, 0) is 0 Å². The highest BCUT2D eigenvalue weighted by molar-refractivity contribution is 14.1. The summed E-state index contributed by atoms with van der Waals surface area (Å²) < 4.78 is 11.1. The Balaban J connectivity index is 2.13. The fourth-order valence-electron chi connectivity index (χ4n) is 2.04. The fourth-order valence-corrected chi connectivity index (χ4v) is 2.98. The maximum Gasteiger partial charge on any atom is 0.271 e. The summed E-state index contributed by atoms with van der Waals surface area (Å²) in [5.74, 6) is 0.586. The van der Waals surface area contributed by atoms with Gasteiger partial charge in [-0.3, -0.25) is 20.2 Å². The van der Waals surface area contributed by atoms with Gasteiger partial charge in [-0.25, -0.2) is 0 Å². The van der Waals surface area contributed by atoms with Gasteiger partial charge in [0.25, 0.3) is 11.6 Å². The van der Waals surface area contributed by atoms with Gasteiger partial charge in [0.1, 0.15) is 11.5 Å². The Morgan fingerprint density at radius 1 is 1.15 bits per heavy atom. The first kappa shape index (κ1) is 19.8. The molecule has 10 heteroatoms. The summed E-state index contributed by atoms with van der Waals surface area (Å²) in [6.45, 7) is 0. The average Bonchev–Trinajstić information content (AvgIpc) is 2.61. The van der Waals surface area contributed by atoms with E-state index < -0.39 is 10.8 Å². The van der Waals surface area contributed by atoms with E-state index in [9.17, 15) is 14.9 Å². The summed E-state index contributed by atoms with van der Waals surface area (Å²) >= 11 is 7.17. The van der Waals surface area contributed by atoms with Crippen LogP contribution in [0.15, 0.2) is 36.4 Å². The van der Waals surface area contributed by atoms with E-state index in [-0.39, 0.29) is 16.5 Å². The lowest BCUT2D eigenvalue weighted by Gasteiger charge is -2.13. The second kappa shape index (κ2) is 8.76. The van der Waals surface area contributed by atoms with Crippen molar-refractivity contribution in [2.24, 2.45) is 0 Å². The lowest BCUT2D eigenvalue weighted by Crippen LogP contribution is -2.34. The maximum absolute atomic E-state index is 12.3. The van der Waals surface area contributed by atoms with Gasteiger partial charge in [0.2, 0.25) is 0 Å². The number of anilines is 1. The summed E-state index contributed by atoms with van der Waals surface area (Å²) in [5.41, 5.74) is 0.536. The third-order valence-electron chi connectivity index (χ3n) is 3.28. The number of thiocarbonyl (C=S) groups is 1.